The third-order valence-corrected chi connectivity index (χ3v) is 8.32. The van der Waals surface area contributed by atoms with Crippen molar-refractivity contribution in [3.63, 3.8) is 0 Å². The molecule has 0 atom stereocenters. The minimum absolute atomic E-state index is 0.132. The second-order valence-electron chi connectivity index (χ2n) is 8.77. The first kappa shape index (κ1) is 24.2. The summed E-state index contributed by atoms with van der Waals surface area (Å²) in [4.78, 5) is 25.3. The minimum atomic E-state index is -3.73. The first-order valence-corrected chi connectivity index (χ1v) is 12.8. The molecule has 0 N–H and O–H groups in total. The van der Waals surface area contributed by atoms with Gasteiger partial charge in [0, 0.05) is 24.7 Å². The van der Waals surface area contributed by atoms with Crippen molar-refractivity contribution < 1.29 is 32.2 Å². The number of carbonyl (C=O) groups excluding carboxylic acids is 2. The number of hydrogen-bond acceptors (Lipinski definition) is 7. The van der Waals surface area contributed by atoms with Crippen molar-refractivity contribution in [2.45, 2.75) is 38.5 Å². The van der Waals surface area contributed by atoms with Crippen LogP contribution in [0.15, 0.2) is 35.2 Å². The molecule has 8 nitrogen and oxygen atoms in total. The van der Waals surface area contributed by atoms with Gasteiger partial charge < -0.3 is 14.2 Å². The molecule has 0 unspecified atom stereocenters. The Morgan fingerprint density at radius 2 is 1.59 bits per heavy atom. The zero-order valence-corrected chi connectivity index (χ0v) is 20.4. The van der Waals surface area contributed by atoms with E-state index in [1.807, 2.05) is 32.9 Å². The van der Waals surface area contributed by atoms with Gasteiger partial charge >= 0.3 is 5.97 Å². The molecule has 1 fully saturated rings. The normalized spacial score (nSPS) is 16.8. The van der Waals surface area contributed by atoms with Crippen molar-refractivity contribution in [2.24, 2.45) is 5.92 Å². The maximum Gasteiger partial charge on any atom is 0.309 e. The third-order valence-electron chi connectivity index (χ3n) is 6.43. The van der Waals surface area contributed by atoms with Gasteiger partial charge in [0.15, 0.2) is 18.1 Å². The van der Waals surface area contributed by atoms with Crippen molar-refractivity contribution >= 4 is 21.8 Å². The number of ether oxygens (including phenoxy) is 3. The second kappa shape index (κ2) is 9.76. The number of nitrogens with zero attached hydrogens (tertiary/aromatic N) is 1. The topological polar surface area (TPSA) is 99.2 Å². The molecule has 2 aromatic carbocycles. The highest BCUT2D eigenvalue weighted by Crippen LogP contribution is 2.34. The van der Waals surface area contributed by atoms with E-state index in [0.717, 1.165) is 16.7 Å². The van der Waals surface area contributed by atoms with E-state index in [-0.39, 0.29) is 30.4 Å². The summed E-state index contributed by atoms with van der Waals surface area (Å²) in [6, 6.07) is 8.35. The number of hydrogen-bond donors (Lipinski definition) is 0. The zero-order valence-electron chi connectivity index (χ0n) is 19.6. The lowest BCUT2D eigenvalue weighted by Crippen LogP contribution is -2.40. The minimum Gasteiger partial charge on any atom is -0.486 e. The molecule has 2 aromatic rings. The Morgan fingerprint density at radius 1 is 0.941 bits per heavy atom. The summed E-state index contributed by atoms with van der Waals surface area (Å²) in [5.41, 5.74) is 3.51. The lowest BCUT2D eigenvalue weighted by Gasteiger charge is -2.30. The summed E-state index contributed by atoms with van der Waals surface area (Å²) in [7, 11) is -3.73. The molecule has 4 rings (SSSR count). The first-order valence-electron chi connectivity index (χ1n) is 11.3. The van der Waals surface area contributed by atoms with Crippen molar-refractivity contribution in [2.75, 3.05) is 32.9 Å². The molecule has 0 bridgehead atoms. The van der Waals surface area contributed by atoms with E-state index in [1.165, 1.54) is 16.4 Å². The fraction of sp³-hybridized carbons (Fsp3) is 0.440. The SMILES string of the molecule is Cc1cc(C)c(C(=O)COC(=O)C2CCN(S(=O)(=O)c3ccc4c(c3)OCCO4)CC2)cc1C. The van der Waals surface area contributed by atoms with Crippen molar-refractivity contribution in [1.82, 2.24) is 4.31 Å². The highest BCUT2D eigenvalue weighted by molar-refractivity contribution is 7.89. The maximum absolute atomic E-state index is 13.1. The first-order chi connectivity index (χ1) is 16.2. The van der Waals surface area contributed by atoms with Gasteiger partial charge in [0.25, 0.3) is 0 Å². The number of rotatable bonds is 6. The van der Waals surface area contributed by atoms with Crippen LogP contribution >= 0.6 is 0 Å². The average molecular weight is 488 g/mol. The van der Waals surface area contributed by atoms with Crippen molar-refractivity contribution in [3.05, 3.63) is 52.6 Å². The maximum atomic E-state index is 13.1. The van der Waals surface area contributed by atoms with E-state index in [9.17, 15) is 18.0 Å². The molecule has 0 aliphatic carbocycles. The van der Waals surface area contributed by atoms with E-state index >= 15 is 0 Å². The van der Waals surface area contributed by atoms with E-state index in [0.29, 0.717) is 43.1 Å². The number of carbonyl (C=O) groups is 2. The van der Waals surface area contributed by atoms with Crippen LogP contribution in [0.1, 0.15) is 39.9 Å². The molecule has 0 aromatic heterocycles. The van der Waals surface area contributed by atoms with Crippen molar-refractivity contribution in [3.8, 4) is 11.5 Å². The fourth-order valence-corrected chi connectivity index (χ4v) is 5.74. The highest BCUT2D eigenvalue weighted by atomic mass is 32.2. The second-order valence-corrected chi connectivity index (χ2v) is 10.7. The van der Waals surface area contributed by atoms with Gasteiger partial charge in [-0.05, 0) is 68.5 Å². The Labute approximate surface area is 199 Å². The smallest absolute Gasteiger partial charge is 0.309 e. The molecule has 34 heavy (non-hydrogen) atoms. The van der Waals surface area contributed by atoms with Gasteiger partial charge in [0.2, 0.25) is 15.8 Å². The quantitative estimate of drug-likeness (QED) is 0.456. The predicted octanol–water partition coefficient (Wildman–Crippen LogP) is 3.21. The molecule has 9 heteroatoms. The number of Topliss-reactive ketones (excluding diaryl/α,β-unsaturated/α-hetero) is 1. The highest BCUT2D eigenvalue weighted by Gasteiger charge is 2.33. The van der Waals surface area contributed by atoms with E-state index in [2.05, 4.69) is 0 Å². The summed E-state index contributed by atoms with van der Waals surface area (Å²) < 4.78 is 43.8. The number of ketones is 1. The molecule has 2 heterocycles. The summed E-state index contributed by atoms with van der Waals surface area (Å²) in [5, 5.41) is 0. The van der Waals surface area contributed by atoms with E-state index in [1.54, 1.807) is 6.07 Å². The summed E-state index contributed by atoms with van der Waals surface area (Å²) in [5.74, 6) is -0.217. The fourth-order valence-electron chi connectivity index (χ4n) is 4.26. The largest absolute Gasteiger partial charge is 0.486 e. The van der Waals surface area contributed by atoms with Gasteiger partial charge in [-0.3, -0.25) is 9.59 Å². The Hall–Kier alpha value is -2.91. The van der Waals surface area contributed by atoms with Gasteiger partial charge in [-0.25, -0.2) is 8.42 Å². The lowest BCUT2D eigenvalue weighted by molar-refractivity contribution is -0.148. The van der Waals surface area contributed by atoms with Crippen molar-refractivity contribution in [1.29, 1.82) is 0 Å². The van der Waals surface area contributed by atoms with Crippen LogP contribution in [0.4, 0.5) is 0 Å². The average Bonchev–Trinajstić information content (AvgIpc) is 2.84. The van der Waals surface area contributed by atoms with Gasteiger partial charge in [-0.2, -0.15) is 4.31 Å². The molecule has 1 saturated heterocycles. The number of aryl methyl sites for hydroxylation is 3. The molecule has 0 saturated carbocycles. The predicted molar refractivity (Wildman–Crippen MR) is 125 cm³/mol. The van der Waals surface area contributed by atoms with Gasteiger partial charge in [0.05, 0.1) is 10.8 Å². The van der Waals surface area contributed by atoms with Crippen LogP contribution < -0.4 is 9.47 Å². The van der Waals surface area contributed by atoms with Gasteiger partial charge in [-0.15, -0.1) is 0 Å². The number of sulfonamides is 1. The molecule has 0 amide bonds. The molecular weight excluding hydrogens is 458 g/mol. The number of esters is 1. The standard InChI is InChI=1S/C25H29NO7S/c1-16-12-18(3)21(13-17(16)2)22(27)15-33-25(28)19-6-8-26(9-7-19)34(29,30)20-4-5-23-24(14-20)32-11-10-31-23/h4-5,12-14,19H,6-11,15H2,1-3H3. The summed E-state index contributed by atoms with van der Waals surface area (Å²) >= 11 is 0. The Bertz CT molecular complexity index is 1210. The molecule has 182 valence electrons. The van der Waals surface area contributed by atoms with Crippen LogP contribution in [0.3, 0.4) is 0 Å². The van der Waals surface area contributed by atoms with Crippen LogP contribution in [-0.4, -0.2) is 57.4 Å². The number of benzene rings is 2. The molecular formula is C25H29NO7S. The van der Waals surface area contributed by atoms with Crippen LogP contribution in [0, 0.1) is 26.7 Å². The molecule has 0 spiro atoms. The zero-order chi connectivity index (χ0) is 24.5. The lowest BCUT2D eigenvalue weighted by atomic mass is 9.97. The van der Waals surface area contributed by atoms with Crippen LogP contribution in [-0.2, 0) is 19.6 Å². The summed E-state index contributed by atoms with van der Waals surface area (Å²) in [6.07, 6.45) is 0.666. The Morgan fingerprint density at radius 3 is 2.29 bits per heavy atom. The van der Waals surface area contributed by atoms with Gasteiger partial charge in [0.1, 0.15) is 13.2 Å². The summed E-state index contributed by atoms with van der Waals surface area (Å²) in [6.45, 7) is 6.65. The third kappa shape index (κ3) is 4.95. The molecule has 2 aliphatic rings. The van der Waals surface area contributed by atoms with Crippen LogP contribution in [0.2, 0.25) is 0 Å². The number of piperidine rings is 1. The van der Waals surface area contributed by atoms with E-state index in [4.69, 9.17) is 14.2 Å². The monoisotopic (exact) mass is 487 g/mol. The van der Waals surface area contributed by atoms with E-state index < -0.39 is 21.9 Å². The number of fused-ring (bicyclic) bond motifs is 1. The van der Waals surface area contributed by atoms with Crippen LogP contribution in [0.25, 0.3) is 0 Å². The Balaban J connectivity index is 1.33. The van der Waals surface area contributed by atoms with Crippen LogP contribution in [0.5, 0.6) is 11.5 Å². The molecule has 2 aliphatic heterocycles. The van der Waals surface area contributed by atoms with Gasteiger partial charge in [-0.1, -0.05) is 6.07 Å². The Kier molecular flexibility index (Phi) is 6.95. The molecule has 0 radical (unpaired) electrons.